The first kappa shape index (κ1) is 20.8. The Morgan fingerprint density at radius 1 is 1.07 bits per heavy atom. The van der Waals surface area contributed by atoms with Crippen molar-refractivity contribution in [3.05, 3.63) is 64.3 Å². The summed E-state index contributed by atoms with van der Waals surface area (Å²) in [6, 6.07) is 10.6. The molecule has 0 saturated carbocycles. The number of H-pyrrole nitrogens is 1. The van der Waals surface area contributed by atoms with Crippen LogP contribution in [0, 0.1) is 6.92 Å². The lowest BCUT2D eigenvalue weighted by Gasteiger charge is -2.16. The van der Waals surface area contributed by atoms with E-state index in [4.69, 9.17) is 0 Å². The summed E-state index contributed by atoms with van der Waals surface area (Å²) in [4.78, 5) is 13.4. The Hall–Kier alpha value is -2.93. The molecule has 1 heterocycles. The predicted octanol–water partition coefficient (Wildman–Crippen LogP) is 3.85. The van der Waals surface area contributed by atoms with Crippen LogP contribution in [0.3, 0.4) is 0 Å². The number of aromatic hydroxyl groups is 1. The highest BCUT2D eigenvalue weighted by Gasteiger charge is 2.26. The Balaban J connectivity index is 2.26. The summed E-state index contributed by atoms with van der Waals surface area (Å²) in [5.74, 6) is -0.677. The number of nitrogens with one attached hydrogen (secondary N) is 1. The van der Waals surface area contributed by atoms with Crippen LogP contribution < -0.4 is 0 Å². The highest BCUT2D eigenvalue weighted by Crippen LogP contribution is 2.35. The number of sulfone groups is 1. The number of benzene rings is 2. The number of hydrogen-bond acceptors (Lipinski definition) is 5. The van der Waals surface area contributed by atoms with Crippen LogP contribution >= 0.6 is 0 Å². The molecular weight excluding hydrogens is 388 g/mol. The second-order valence-electron chi connectivity index (χ2n) is 7.01. The van der Waals surface area contributed by atoms with Crippen LogP contribution in [-0.2, 0) is 22.7 Å². The number of aromatic amines is 1. The number of aryl methyl sites for hydroxylation is 2. The molecule has 3 rings (SSSR count). The zero-order valence-corrected chi connectivity index (χ0v) is 17.7. The van der Waals surface area contributed by atoms with Crippen molar-refractivity contribution < 1.29 is 18.3 Å². The first-order valence-electron chi connectivity index (χ1n) is 9.42. The van der Waals surface area contributed by atoms with Crippen LogP contribution in [0.5, 0.6) is 5.88 Å². The molecule has 0 atom stereocenters. The molecule has 0 aliphatic heterocycles. The second kappa shape index (κ2) is 7.83. The monoisotopic (exact) mass is 412 g/mol. The molecule has 2 N–H and O–H groups in total. The maximum atomic E-state index is 13.2. The summed E-state index contributed by atoms with van der Waals surface area (Å²) in [5, 5.41) is 16.5. The molecule has 0 aliphatic rings. The van der Waals surface area contributed by atoms with Crippen molar-refractivity contribution >= 4 is 15.6 Å². The van der Waals surface area contributed by atoms with Crippen molar-refractivity contribution in [1.29, 1.82) is 0 Å². The van der Waals surface area contributed by atoms with Crippen LogP contribution in [0.2, 0.25) is 0 Å². The summed E-state index contributed by atoms with van der Waals surface area (Å²) < 4.78 is 24.9. The zero-order valence-electron chi connectivity index (χ0n) is 16.9. The lowest BCUT2D eigenvalue weighted by atomic mass is 9.91. The molecule has 7 heteroatoms. The SMILES string of the molecule is CCc1ccc(-c2c(S(C)(=O)=O)ccc(C(=O)c3c(CC)n[nH]c3O)c2C)cc1. The van der Waals surface area contributed by atoms with Gasteiger partial charge in [-0.15, -0.1) is 0 Å². The van der Waals surface area contributed by atoms with Crippen molar-refractivity contribution in [2.24, 2.45) is 0 Å². The number of ketones is 1. The molecule has 0 fully saturated rings. The Labute approximate surface area is 170 Å². The standard InChI is InChI=1S/C22H24N2O4S/c1-5-14-7-9-15(10-8-14)19-13(3)16(11-12-18(19)29(4,27)28)21(25)20-17(6-2)23-24-22(20)26/h7-12H,5-6H2,1-4H3,(H2,23,24,26). The Kier molecular flexibility index (Phi) is 5.61. The van der Waals surface area contributed by atoms with Gasteiger partial charge in [-0.3, -0.25) is 4.79 Å². The fourth-order valence-electron chi connectivity index (χ4n) is 3.51. The molecule has 2 aromatic carbocycles. The van der Waals surface area contributed by atoms with Gasteiger partial charge < -0.3 is 5.11 Å². The van der Waals surface area contributed by atoms with Gasteiger partial charge in [0.05, 0.1) is 10.6 Å². The van der Waals surface area contributed by atoms with Crippen LogP contribution in [0.4, 0.5) is 0 Å². The minimum absolute atomic E-state index is 0.120. The van der Waals surface area contributed by atoms with E-state index in [9.17, 15) is 18.3 Å². The number of nitrogens with zero attached hydrogens (tertiary/aromatic N) is 1. The highest BCUT2D eigenvalue weighted by atomic mass is 32.2. The molecule has 29 heavy (non-hydrogen) atoms. The van der Waals surface area contributed by atoms with E-state index in [2.05, 4.69) is 10.2 Å². The Bertz CT molecular complexity index is 1180. The van der Waals surface area contributed by atoms with Crippen LogP contribution in [-0.4, -0.2) is 35.8 Å². The van der Waals surface area contributed by atoms with Gasteiger partial charge in [0, 0.05) is 17.4 Å². The first-order chi connectivity index (χ1) is 13.7. The minimum atomic E-state index is -3.52. The molecule has 0 spiro atoms. The molecule has 0 aliphatic carbocycles. The third-order valence-corrected chi connectivity index (χ3v) is 6.24. The Morgan fingerprint density at radius 3 is 2.28 bits per heavy atom. The van der Waals surface area contributed by atoms with Gasteiger partial charge in [0.25, 0.3) is 0 Å². The highest BCUT2D eigenvalue weighted by molar-refractivity contribution is 7.90. The third-order valence-electron chi connectivity index (χ3n) is 5.11. The van der Waals surface area contributed by atoms with Crippen molar-refractivity contribution in [3.63, 3.8) is 0 Å². The molecule has 3 aromatic rings. The zero-order chi connectivity index (χ0) is 21.3. The maximum absolute atomic E-state index is 13.2. The quantitative estimate of drug-likeness (QED) is 0.599. The lowest BCUT2D eigenvalue weighted by Crippen LogP contribution is -2.10. The van der Waals surface area contributed by atoms with E-state index in [-0.39, 0.29) is 16.3 Å². The van der Waals surface area contributed by atoms with Crippen LogP contribution in [0.25, 0.3) is 11.1 Å². The van der Waals surface area contributed by atoms with Crippen molar-refractivity contribution in [3.8, 4) is 17.0 Å². The van der Waals surface area contributed by atoms with Crippen LogP contribution in [0.1, 0.15) is 46.6 Å². The van der Waals surface area contributed by atoms with Gasteiger partial charge in [0.15, 0.2) is 9.84 Å². The second-order valence-corrected chi connectivity index (χ2v) is 8.99. The molecule has 6 nitrogen and oxygen atoms in total. The van der Waals surface area contributed by atoms with E-state index in [1.807, 2.05) is 38.1 Å². The average molecular weight is 413 g/mol. The van der Waals surface area contributed by atoms with E-state index in [1.165, 1.54) is 12.1 Å². The Morgan fingerprint density at radius 2 is 1.72 bits per heavy atom. The fraction of sp³-hybridized carbons (Fsp3) is 0.273. The van der Waals surface area contributed by atoms with E-state index < -0.39 is 15.6 Å². The molecule has 0 amide bonds. The number of carbonyl (C=O) groups excluding carboxylic acids is 1. The lowest BCUT2D eigenvalue weighted by molar-refractivity contribution is 0.103. The van der Waals surface area contributed by atoms with E-state index >= 15 is 0 Å². The number of hydrogen-bond donors (Lipinski definition) is 2. The van der Waals surface area contributed by atoms with Gasteiger partial charge in [-0.05, 0) is 48.6 Å². The molecule has 152 valence electrons. The smallest absolute Gasteiger partial charge is 0.218 e. The largest absolute Gasteiger partial charge is 0.493 e. The van der Waals surface area contributed by atoms with Gasteiger partial charge in [-0.2, -0.15) is 5.10 Å². The number of aromatic nitrogens is 2. The maximum Gasteiger partial charge on any atom is 0.218 e. The first-order valence-corrected chi connectivity index (χ1v) is 11.3. The van der Waals surface area contributed by atoms with Crippen LogP contribution in [0.15, 0.2) is 41.3 Å². The minimum Gasteiger partial charge on any atom is -0.493 e. The third kappa shape index (κ3) is 3.82. The van der Waals surface area contributed by atoms with Crippen molar-refractivity contribution in [2.75, 3.05) is 6.26 Å². The van der Waals surface area contributed by atoms with E-state index in [0.29, 0.717) is 28.8 Å². The summed E-state index contributed by atoms with van der Waals surface area (Å²) in [6.07, 6.45) is 2.50. The molecule has 0 radical (unpaired) electrons. The summed E-state index contributed by atoms with van der Waals surface area (Å²) in [5.41, 5.74) is 3.82. The van der Waals surface area contributed by atoms with Gasteiger partial charge >= 0.3 is 0 Å². The van der Waals surface area contributed by atoms with Gasteiger partial charge in [0.1, 0.15) is 5.56 Å². The normalized spacial score (nSPS) is 11.6. The van der Waals surface area contributed by atoms with Gasteiger partial charge in [-0.1, -0.05) is 38.1 Å². The predicted molar refractivity (Wildman–Crippen MR) is 112 cm³/mol. The fourth-order valence-corrected chi connectivity index (χ4v) is 4.46. The topological polar surface area (TPSA) is 100 Å². The summed E-state index contributed by atoms with van der Waals surface area (Å²) >= 11 is 0. The molecule has 0 saturated heterocycles. The van der Waals surface area contributed by atoms with E-state index in [1.54, 1.807) is 6.92 Å². The number of rotatable bonds is 6. The van der Waals surface area contributed by atoms with Crippen molar-refractivity contribution in [2.45, 2.75) is 38.5 Å². The van der Waals surface area contributed by atoms with E-state index in [0.717, 1.165) is 23.8 Å². The van der Waals surface area contributed by atoms with Crippen molar-refractivity contribution in [1.82, 2.24) is 10.2 Å². The summed E-state index contributed by atoms with van der Waals surface area (Å²) in [7, 11) is -3.52. The molecule has 0 bridgehead atoms. The van der Waals surface area contributed by atoms with Gasteiger partial charge in [-0.25, -0.2) is 13.5 Å². The van der Waals surface area contributed by atoms with Gasteiger partial charge in [0.2, 0.25) is 11.7 Å². The number of carbonyl (C=O) groups is 1. The molecular formula is C22H24N2O4S. The summed E-state index contributed by atoms with van der Waals surface area (Å²) in [6.45, 7) is 5.62. The molecule has 1 aromatic heterocycles. The average Bonchev–Trinajstić information content (AvgIpc) is 3.07. The molecule has 0 unspecified atom stereocenters.